The van der Waals surface area contributed by atoms with Gasteiger partial charge in [0.15, 0.2) is 0 Å². The van der Waals surface area contributed by atoms with Crippen molar-refractivity contribution >= 4 is 30.1 Å². The van der Waals surface area contributed by atoms with Crippen molar-refractivity contribution in [2.24, 2.45) is 0 Å². The van der Waals surface area contributed by atoms with E-state index in [4.69, 9.17) is 16.3 Å². The molecule has 0 aliphatic carbocycles. The number of fused-ring (bicyclic) bond motifs is 1. The molecule has 0 saturated heterocycles. The first-order chi connectivity index (χ1) is 10.1. The lowest BCUT2D eigenvalue weighted by Crippen LogP contribution is -2.30. The zero-order valence-corrected chi connectivity index (χ0v) is 11.9. The molecule has 1 heterocycles. The first kappa shape index (κ1) is 14.1. The smallest absolute Gasteiger partial charge is 0.423 e. The molecule has 0 bridgehead atoms. The van der Waals surface area contributed by atoms with Crippen LogP contribution in [0.1, 0.15) is 21.5 Å². The van der Waals surface area contributed by atoms with Crippen LogP contribution in [0.5, 0.6) is 0 Å². The maximum absolute atomic E-state index is 12.1. The van der Waals surface area contributed by atoms with Gasteiger partial charge in [-0.1, -0.05) is 29.8 Å². The van der Waals surface area contributed by atoms with Gasteiger partial charge in [0.25, 0.3) is 5.91 Å². The van der Waals surface area contributed by atoms with Gasteiger partial charge < -0.3 is 15.0 Å². The fourth-order valence-corrected chi connectivity index (χ4v) is 2.50. The zero-order valence-electron chi connectivity index (χ0n) is 11.2. The number of nitrogens with one attached hydrogen (secondary N) is 1. The molecule has 106 valence electrons. The minimum Gasteiger partial charge on any atom is -0.423 e. The minimum atomic E-state index is -0.944. The standard InChI is InChI=1S/C15H13BClNO3/c17-13-3-1-2-10(6-13)8-18-15(19)11-4-5-12-9-21-16(20)14(12)7-11/h1-7,20H,8-9H2,(H,18,19). The van der Waals surface area contributed by atoms with Gasteiger partial charge in [-0.15, -0.1) is 0 Å². The Kier molecular flexibility index (Phi) is 3.97. The van der Waals surface area contributed by atoms with Crippen molar-refractivity contribution in [3.8, 4) is 0 Å². The maximum Gasteiger partial charge on any atom is 0.491 e. The van der Waals surface area contributed by atoms with E-state index in [1.807, 2.05) is 18.2 Å². The third-order valence-corrected chi connectivity index (χ3v) is 3.65. The summed E-state index contributed by atoms with van der Waals surface area (Å²) in [6.07, 6.45) is 0. The van der Waals surface area contributed by atoms with E-state index in [0.717, 1.165) is 11.1 Å². The molecule has 0 saturated carbocycles. The Morgan fingerprint density at radius 1 is 1.33 bits per heavy atom. The lowest BCUT2D eigenvalue weighted by molar-refractivity contribution is 0.0951. The van der Waals surface area contributed by atoms with Crippen LogP contribution in [0.25, 0.3) is 0 Å². The molecule has 0 unspecified atom stereocenters. The van der Waals surface area contributed by atoms with Gasteiger partial charge in [0.2, 0.25) is 0 Å². The molecule has 2 N–H and O–H groups in total. The van der Waals surface area contributed by atoms with E-state index in [2.05, 4.69) is 5.32 Å². The Bertz CT molecular complexity index is 692. The second kappa shape index (κ2) is 5.89. The van der Waals surface area contributed by atoms with Gasteiger partial charge in [0, 0.05) is 17.1 Å². The molecular formula is C15H13BClNO3. The normalized spacial score (nSPS) is 13.1. The van der Waals surface area contributed by atoms with Gasteiger partial charge in [-0.25, -0.2) is 0 Å². The van der Waals surface area contributed by atoms with Crippen LogP contribution in [0.4, 0.5) is 0 Å². The number of halogens is 1. The third kappa shape index (κ3) is 3.10. The summed E-state index contributed by atoms with van der Waals surface area (Å²) < 4.78 is 5.11. The molecule has 3 rings (SSSR count). The topological polar surface area (TPSA) is 58.6 Å². The summed E-state index contributed by atoms with van der Waals surface area (Å²) >= 11 is 5.90. The van der Waals surface area contributed by atoms with Crippen molar-refractivity contribution < 1.29 is 14.5 Å². The van der Waals surface area contributed by atoms with Gasteiger partial charge in [-0.3, -0.25) is 4.79 Å². The molecule has 0 aromatic heterocycles. The fourth-order valence-electron chi connectivity index (χ4n) is 2.29. The van der Waals surface area contributed by atoms with Crippen LogP contribution in [-0.4, -0.2) is 18.0 Å². The second-order valence-electron chi connectivity index (χ2n) is 4.89. The number of carbonyl (C=O) groups excluding carboxylic acids is 1. The van der Waals surface area contributed by atoms with Crippen molar-refractivity contribution in [2.45, 2.75) is 13.2 Å². The van der Waals surface area contributed by atoms with Gasteiger partial charge >= 0.3 is 7.12 Å². The average Bonchev–Trinajstić information content (AvgIpc) is 2.86. The molecule has 0 spiro atoms. The van der Waals surface area contributed by atoms with E-state index >= 15 is 0 Å². The summed E-state index contributed by atoms with van der Waals surface area (Å²) in [5.41, 5.74) is 3.00. The second-order valence-corrected chi connectivity index (χ2v) is 5.33. The van der Waals surface area contributed by atoms with Crippen LogP contribution in [0.2, 0.25) is 5.02 Å². The number of hydrogen-bond acceptors (Lipinski definition) is 3. The van der Waals surface area contributed by atoms with Crippen LogP contribution in [0, 0.1) is 0 Å². The SMILES string of the molecule is O=C(NCc1cccc(Cl)c1)c1ccc2c(c1)B(O)OC2. The molecule has 21 heavy (non-hydrogen) atoms. The average molecular weight is 302 g/mol. The predicted molar refractivity (Wildman–Crippen MR) is 81.5 cm³/mol. The lowest BCUT2D eigenvalue weighted by atomic mass is 9.79. The van der Waals surface area contributed by atoms with Gasteiger partial charge in [0.05, 0.1) is 6.61 Å². The summed E-state index contributed by atoms with van der Waals surface area (Å²) in [6.45, 7) is 0.774. The predicted octanol–water partition coefficient (Wildman–Crippen LogP) is 1.49. The summed E-state index contributed by atoms with van der Waals surface area (Å²) in [6, 6.07) is 12.5. The summed E-state index contributed by atoms with van der Waals surface area (Å²) in [5, 5.41) is 13.1. The number of benzene rings is 2. The van der Waals surface area contributed by atoms with Crippen LogP contribution >= 0.6 is 11.6 Å². The number of hydrogen-bond donors (Lipinski definition) is 2. The monoisotopic (exact) mass is 301 g/mol. The molecule has 1 amide bonds. The Balaban J connectivity index is 1.70. The van der Waals surface area contributed by atoms with Gasteiger partial charge in [-0.05, 0) is 40.9 Å². The molecule has 0 fully saturated rings. The first-order valence-electron chi connectivity index (χ1n) is 6.58. The molecule has 2 aromatic rings. The first-order valence-corrected chi connectivity index (χ1v) is 6.96. The van der Waals surface area contributed by atoms with E-state index < -0.39 is 7.12 Å². The quantitative estimate of drug-likeness (QED) is 0.845. The maximum atomic E-state index is 12.1. The summed E-state index contributed by atoms with van der Waals surface area (Å²) in [7, 11) is -0.944. The Morgan fingerprint density at radius 3 is 3.00 bits per heavy atom. The molecule has 1 aliphatic rings. The summed E-state index contributed by atoms with van der Waals surface area (Å²) in [5.74, 6) is -0.197. The summed E-state index contributed by atoms with van der Waals surface area (Å²) in [4.78, 5) is 12.1. The van der Waals surface area contributed by atoms with E-state index in [-0.39, 0.29) is 5.91 Å². The molecule has 1 aliphatic heterocycles. The molecule has 6 heteroatoms. The third-order valence-electron chi connectivity index (χ3n) is 3.41. The highest BCUT2D eigenvalue weighted by atomic mass is 35.5. The van der Waals surface area contributed by atoms with E-state index in [0.29, 0.717) is 29.2 Å². The highest BCUT2D eigenvalue weighted by Crippen LogP contribution is 2.12. The highest BCUT2D eigenvalue weighted by Gasteiger charge is 2.27. The van der Waals surface area contributed by atoms with E-state index in [1.54, 1.807) is 24.3 Å². The zero-order chi connectivity index (χ0) is 14.8. The molecular weight excluding hydrogens is 288 g/mol. The molecule has 0 atom stereocenters. The molecule has 4 nitrogen and oxygen atoms in total. The Morgan fingerprint density at radius 2 is 2.19 bits per heavy atom. The lowest BCUT2D eigenvalue weighted by Gasteiger charge is -2.07. The molecule has 2 aromatic carbocycles. The number of amides is 1. The van der Waals surface area contributed by atoms with Crippen LogP contribution in [-0.2, 0) is 17.8 Å². The van der Waals surface area contributed by atoms with E-state index in [9.17, 15) is 9.82 Å². The largest absolute Gasteiger partial charge is 0.491 e. The van der Waals surface area contributed by atoms with Crippen LogP contribution < -0.4 is 10.8 Å². The minimum absolute atomic E-state index is 0.197. The fraction of sp³-hybridized carbons (Fsp3) is 0.133. The van der Waals surface area contributed by atoms with Crippen molar-refractivity contribution in [1.29, 1.82) is 0 Å². The van der Waals surface area contributed by atoms with Gasteiger partial charge in [0.1, 0.15) is 0 Å². The van der Waals surface area contributed by atoms with Gasteiger partial charge in [-0.2, -0.15) is 0 Å². The van der Waals surface area contributed by atoms with Crippen molar-refractivity contribution in [1.82, 2.24) is 5.32 Å². The molecule has 0 radical (unpaired) electrons. The van der Waals surface area contributed by atoms with Crippen molar-refractivity contribution in [3.05, 3.63) is 64.2 Å². The van der Waals surface area contributed by atoms with Crippen molar-refractivity contribution in [3.63, 3.8) is 0 Å². The van der Waals surface area contributed by atoms with Crippen molar-refractivity contribution in [2.75, 3.05) is 0 Å². The number of carbonyl (C=O) groups is 1. The number of rotatable bonds is 3. The van der Waals surface area contributed by atoms with E-state index in [1.165, 1.54) is 0 Å². The Labute approximate surface area is 127 Å². The van der Waals surface area contributed by atoms with Crippen LogP contribution in [0.3, 0.4) is 0 Å². The van der Waals surface area contributed by atoms with Crippen LogP contribution in [0.15, 0.2) is 42.5 Å². The Hall–Kier alpha value is -1.82. The highest BCUT2D eigenvalue weighted by molar-refractivity contribution is 6.61.